The number of ether oxygens (including phenoxy) is 2. The maximum Gasteiger partial charge on any atom is 0.407 e. The van der Waals surface area contributed by atoms with Crippen LogP contribution in [0, 0.1) is 0 Å². The second-order valence-corrected chi connectivity index (χ2v) is 5.72. The summed E-state index contributed by atoms with van der Waals surface area (Å²) in [6.45, 7) is 9.66. The third-order valence-electron chi connectivity index (χ3n) is 2.90. The number of alkyl carbamates (subject to hydrolysis) is 1. The Morgan fingerprint density at radius 3 is 2.59 bits per heavy atom. The second-order valence-electron chi connectivity index (χ2n) is 5.72. The van der Waals surface area contributed by atoms with E-state index in [1.165, 1.54) is 0 Å². The number of carbonyl (C=O) groups excluding carboxylic acids is 1. The van der Waals surface area contributed by atoms with Crippen LogP contribution in [-0.2, 0) is 9.47 Å². The summed E-state index contributed by atoms with van der Waals surface area (Å²) in [7, 11) is 0. The topological polar surface area (TPSA) is 47.6 Å². The third-order valence-corrected chi connectivity index (χ3v) is 2.90. The smallest absolute Gasteiger partial charge is 0.407 e. The molecule has 1 rings (SSSR count). The quantitative estimate of drug-likeness (QED) is 0.829. The Bertz CT molecular complexity index is 260. The monoisotopic (exact) mass is 243 g/mol. The molecular formula is C13H25NO3. The Hall–Kier alpha value is -0.770. The molecule has 100 valence electrons. The molecule has 1 saturated heterocycles. The molecule has 1 N–H and O–H groups in total. The highest BCUT2D eigenvalue weighted by atomic mass is 16.6. The number of amides is 1. The first kappa shape index (κ1) is 14.3. The van der Waals surface area contributed by atoms with Gasteiger partial charge in [-0.25, -0.2) is 4.79 Å². The van der Waals surface area contributed by atoms with Crippen LogP contribution in [0.15, 0.2) is 0 Å². The fourth-order valence-electron chi connectivity index (χ4n) is 1.99. The van der Waals surface area contributed by atoms with Gasteiger partial charge in [0.1, 0.15) is 5.60 Å². The van der Waals surface area contributed by atoms with Crippen LogP contribution in [0.5, 0.6) is 0 Å². The molecule has 0 aliphatic carbocycles. The van der Waals surface area contributed by atoms with Crippen molar-refractivity contribution in [2.24, 2.45) is 0 Å². The standard InChI is InChI=1S/C13H25NO3/c1-6-10-7-8-11(16-10)9(2)14-12(15)17-13(3,4)5/h9-11H,6-8H2,1-5H3,(H,14,15). The molecule has 0 bridgehead atoms. The normalized spacial score (nSPS) is 26.6. The highest BCUT2D eigenvalue weighted by Crippen LogP contribution is 2.24. The van der Waals surface area contributed by atoms with Crippen molar-refractivity contribution in [1.82, 2.24) is 5.32 Å². The first-order chi connectivity index (χ1) is 7.81. The summed E-state index contributed by atoms with van der Waals surface area (Å²) >= 11 is 0. The van der Waals surface area contributed by atoms with E-state index < -0.39 is 5.60 Å². The predicted octanol–water partition coefficient (Wildman–Crippen LogP) is 2.86. The Morgan fingerprint density at radius 1 is 1.47 bits per heavy atom. The highest BCUT2D eigenvalue weighted by molar-refractivity contribution is 5.68. The van der Waals surface area contributed by atoms with Crippen molar-refractivity contribution in [3.05, 3.63) is 0 Å². The summed E-state index contributed by atoms with van der Waals surface area (Å²) in [5.74, 6) is 0. The van der Waals surface area contributed by atoms with Gasteiger partial charge in [-0.3, -0.25) is 0 Å². The summed E-state index contributed by atoms with van der Waals surface area (Å²) in [5, 5.41) is 2.84. The van der Waals surface area contributed by atoms with E-state index in [0.29, 0.717) is 6.10 Å². The summed E-state index contributed by atoms with van der Waals surface area (Å²) in [6, 6.07) is 0.00130. The fraction of sp³-hybridized carbons (Fsp3) is 0.923. The number of nitrogens with one attached hydrogen (secondary N) is 1. The number of hydrogen-bond acceptors (Lipinski definition) is 3. The van der Waals surface area contributed by atoms with Gasteiger partial charge >= 0.3 is 6.09 Å². The van der Waals surface area contributed by atoms with Gasteiger partial charge in [0.25, 0.3) is 0 Å². The van der Waals surface area contributed by atoms with E-state index in [1.54, 1.807) is 0 Å². The van der Waals surface area contributed by atoms with Crippen molar-refractivity contribution < 1.29 is 14.3 Å². The molecule has 0 saturated carbocycles. The zero-order valence-corrected chi connectivity index (χ0v) is 11.6. The maximum absolute atomic E-state index is 11.6. The van der Waals surface area contributed by atoms with Gasteiger partial charge in [0.05, 0.1) is 18.2 Å². The van der Waals surface area contributed by atoms with Gasteiger partial charge < -0.3 is 14.8 Å². The van der Waals surface area contributed by atoms with Crippen LogP contribution < -0.4 is 5.32 Å². The molecule has 1 amide bonds. The van der Waals surface area contributed by atoms with Gasteiger partial charge in [-0.1, -0.05) is 6.92 Å². The molecule has 1 aliphatic heterocycles. The Labute approximate surface area is 104 Å². The SMILES string of the molecule is CCC1CCC(C(C)NC(=O)OC(C)(C)C)O1. The lowest BCUT2D eigenvalue weighted by Gasteiger charge is -2.24. The van der Waals surface area contributed by atoms with E-state index in [4.69, 9.17) is 9.47 Å². The number of rotatable bonds is 3. The van der Waals surface area contributed by atoms with Crippen molar-refractivity contribution in [2.45, 2.75) is 77.7 Å². The first-order valence-corrected chi connectivity index (χ1v) is 6.46. The van der Waals surface area contributed by atoms with Gasteiger partial charge in [-0.15, -0.1) is 0 Å². The molecule has 17 heavy (non-hydrogen) atoms. The van der Waals surface area contributed by atoms with Gasteiger partial charge in [0.15, 0.2) is 0 Å². The minimum absolute atomic E-state index is 0.00130. The predicted molar refractivity (Wildman–Crippen MR) is 67.0 cm³/mol. The van der Waals surface area contributed by atoms with Crippen LogP contribution in [0.1, 0.15) is 53.9 Å². The number of carbonyl (C=O) groups is 1. The third kappa shape index (κ3) is 4.94. The van der Waals surface area contributed by atoms with E-state index in [1.807, 2.05) is 27.7 Å². The van der Waals surface area contributed by atoms with Gasteiger partial charge in [-0.05, 0) is 47.0 Å². The van der Waals surface area contributed by atoms with Crippen molar-refractivity contribution >= 4 is 6.09 Å². The van der Waals surface area contributed by atoms with Crippen molar-refractivity contribution in [2.75, 3.05) is 0 Å². The Morgan fingerprint density at radius 2 is 2.12 bits per heavy atom. The molecular weight excluding hydrogens is 218 g/mol. The van der Waals surface area contributed by atoms with Crippen LogP contribution >= 0.6 is 0 Å². The molecule has 3 atom stereocenters. The molecule has 0 aromatic rings. The zero-order chi connectivity index (χ0) is 13.1. The van der Waals surface area contributed by atoms with E-state index >= 15 is 0 Å². The molecule has 1 aliphatic rings. The van der Waals surface area contributed by atoms with Crippen LogP contribution in [0.3, 0.4) is 0 Å². The van der Waals surface area contributed by atoms with E-state index in [9.17, 15) is 4.79 Å². The lowest BCUT2D eigenvalue weighted by Crippen LogP contribution is -2.43. The van der Waals surface area contributed by atoms with Crippen molar-refractivity contribution in [3.8, 4) is 0 Å². The maximum atomic E-state index is 11.6. The molecule has 1 fully saturated rings. The summed E-state index contributed by atoms with van der Waals surface area (Å²) < 4.78 is 11.0. The van der Waals surface area contributed by atoms with E-state index in [-0.39, 0.29) is 18.2 Å². The average molecular weight is 243 g/mol. The van der Waals surface area contributed by atoms with E-state index in [2.05, 4.69) is 12.2 Å². The molecule has 0 spiro atoms. The van der Waals surface area contributed by atoms with Gasteiger partial charge in [0, 0.05) is 0 Å². The summed E-state index contributed by atoms with van der Waals surface area (Å²) in [6.07, 6.45) is 3.23. The minimum Gasteiger partial charge on any atom is -0.444 e. The molecule has 3 unspecified atom stereocenters. The molecule has 0 aromatic carbocycles. The molecule has 4 nitrogen and oxygen atoms in total. The van der Waals surface area contributed by atoms with Crippen molar-refractivity contribution in [3.63, 3.8) is 0 Å². The molecule has 4 heteroatoms. The van der Waals surface area contributed by atoms with Crippen LogP contribution in [0.2, 0.25) is 0 Å². The molecule has 0 aromatic heterocycles. The second kappa shape index (κ2) is 5.71. The summed E-state index contributed by atoms with van der Waals surface area (Å²) in [5.41, 5.74) is -0.452. The average Bonchev–Trinajstić information content (AvgIpc) is 2.62. The van der Waals surface area contributed by atoms with Crippen LogP contribution in [-0.4, -0.2) is 29.9 Å². The van der Waals surface area contributed by atoms with Crippen LogP contribution in [0.4, 0.5) is 4.79 Å². The van der Waals surface area contributed by atoms with Crippen molar-refractivity contribution in [1.29, 1.82) is 0 Å². The lowest BCUT2D eigenvalue weighted by molar-refractivity contribution is 0.0149. The highest BCUT2D eigenvalue weighted by Gasteiger charge is 2.30. The zero-order valence-electron chi connectivity index (χ0n) is 11.6. The largest absolute Gasteiger partial charge is 0.444 e. The molecule has 1 heterocycles. The first-order valence-electron chi connectivity index (χ1n) is 6.46. The molecule has 0 radical (unpaired) electrons. The Kier molecular flexibility index (Phi) is 4.80. The minimum atomic E-state index is -0.452. The Balaban J connectivity index is 2.34. The fourth-order valence-corrected chi connectivity index (χ4v) is 1.99. The van der Waals surface area contributed by atoms with E-state index in [0.717, 1.165) is 19.3 Å². The summed E-state index contributed by atoms with van der Waals surface area (Å²) in [4.78, 5) is 11.6. The number of hydrogen-bond donors (Lipinski definition) is 1. The van der Waals surface area contributed by atoms with Gasteiger partial charge in [-0.2, -0.15) is 0 Å². The van der Waals surface area contributed by atoms with Crippen LogP contribution in [0.25, 0.3) is 0 Å². The lowest BCUT2D eigenvalue weighted by atomic mass is 10.1. The van der Waals surface area contributed by atoms with Gasteiger partial charge in [0.2, 0.25) is 0 Å².